The van der Waals surface area contributed by atoms with E-state index in [1.807, 2.05) is 0 Å². The molecule has 1 aliphatic heterocycles. The molecule has 1 aromatic rings. The van der Waals surface area contributed by atoms with Crippen LogP contribution in [0.1, 0.15) is 11.1 Å². The van der Waals surface area contributed by atoms with Crippen molar-refractivity contribution in [2.45, 2.75) is 11.4 Å². The van der Waals surface area contributed by atoms with Crippen molar-refractivity contribution in [2.24, 2.45) is 5.73 Å². The molecule has 0 fully saturated rings. The van der Waals surface area contributed by atoms with Crippen molar-refractivity contribution in [1.82, 2.24) is 0 Å². The van der Waals surface area contributed by atoms with Gasteiger partial charge in [0.1, 0.15) is 0 Å². The first-order valence-electron chi connectivity index (χ1n) is 4.49. The molecule has 0 saturated heterocycles. The number of sulfone groups is 1. The Balaban J connectivity index is 2.78. The van der Waals surface area contributed by atoms with Crippen molar-refractivity contribution in [2.75, 3.05) is 6.61 Å². The molecule has 3 N–H and O–H groups in total. The van der Waals surface area contributed by atoms with Crippen molar-refractivity contribution in [1.29, 1.82) is 0 Å². The lowest BCUT2D eigenvalue weighted by atomic mass is 10.0. The SMILES string of the molecule is NCc1cccc2c1C(CO)=CS2(=O)=O. The van der Waals surface area contributed by atoms with Gasteiger partial charge >= 0.3 is 0 Å². The molecular formula is C10H11NO3S. The van der Waals surface area contributed by atoms with Gasteiger partial charge in [-0.25, -0.2) is 8.42 Å². The molecule has 1 aliphatic rings. The van der Waals surface area contributed by atoms with Crippen LogP contribution in [0.5, 0.6) is 0 Å². The third-order valence-electron chi connectivity index (χ3n) is 2.43. The average molecular weight is 225 g/mol. The summed E-state index contributed by atoms with van der Waals surface area (Å²) in [6.45, 7) is -0.0285. The van der Waals surface area contributed by atoms with Gasteiger partial charge in [-0.2, -0.15) is 0 Å². The number of hydrogen-bond acceptors (Lipinski definition) is 4. The minimum atomic E-state index is -3.38. The topological polar surface area (TPSA) is 80.4 Å². The summed E-state index contributed by atoms with van der Waals surface area (Å²) >= 11 is 0. The summed E-state index contributed by atoms with van der Waals surface area (Å²) < 4.78 is 23.3. The Bertz CT molecular complexity index is 532. The number of fused-ring (bicyclic) bond motifs is 1. The van der Waals surface area contributed by atoms with Gasteiger partial charge in [0.25, 0.3) is 0 Å². The number of hydrogen-bond donors (Lipinski definition) is 2. The number of rotatable bonds is 2. The van der Waals surface area contributed by atoms with Crippen LogP contribution in [-0.2, 0) is 16.4 Å². The minimum Gasteiger partial charge on any atom is -0.392 e. The third kappa shape index (κ3) is 1.49. The van der Waals surface area contributed by atoms with Gasteiger partial charge in [0, 0.05) is 17.5 Å². The highest BCUT2D eigenvalue weighted by Crippen LogP contribution is 2.35. The van der Waals surface area contributed by atoms with Crippen molar-refractivity contribution >= 4 is 15.4 Å². The molecule has 0 unspecified atom stereocenters. The molecule has 80 valence electrons. The van der Waals surface area contributed by atoms with Crippen LogP contribution >= 0.6 is 0 Å². The van der Waals surface area contributed by atoms with E-state index in [0.29, 0.717) is 11.1 Å². The van der Waals surface area contributed by atoms with E-state index in [2.05, 4.69) is 0 Å². The maximum Gasteiger partial charge on any atom is 0.200 e. The van der Waals surface area contributed by atoms with Gasteiger partial charge in [0.2, 0.25) is 9.84 Å². The Hall–Kier alpha value is -1.17. The molecule has 0 aliphatic carbocycles. The second-order valence-corrected chi connectivity index (χ2v) is 5.11. The lowest BCUT2D eigenvalue weighted by molar-refractivity contribution is 0.350. The summed E-state index contributed by atoms with van der Waals surface area (Å²) in [6.07, 6.45) is 0. The Morgan fingerprint density at radius 2 is 2.07 bits per heavy atom. The van der Waals surface area contributed by atoms with Crippen LogP contribution in [0.25, 0.3) is 5.57 Å². The summed E-state index contributed by atoms with van der Waals surface area (Å²) in [6, 6.07) is 4.96. The third-order valence-corrected chi connectivity index (χ3v) is 3.98. The molecule has 0 atom stereocenters. The van der Waals surface area contributed by atoms with Gasteiger partial charge in [-0.05, 0) is 17.2 Å². The second kappa shape index (κ2) is 3.44. The molecule has 0 aromatic heterocycles. The monoisotopic (exact) mass is 225 g/mol. The molecule has 1 heterocycles. The van der Waals surface area contributed by atoms with Crippen molar-refractivity contribution in [3.8, 4) is 0 Å². The molecule has 0 spiro atoms. The second-order valence-electron chi connectivity index (χ2n) is 3.34. The minimum absolute atomic E-state index is 0.245. The van der Waals surface area contributed by atoms with E-state index in [1.54, 1.807) is 12.1 Å². The van der Waals surface area contributed by atoms with Gasteiger partial charge in [-0.1, -0.05) is 12.1 Å². The fraction of sp³-hybridized carbons (Fsp3) is 0.200. The molecule has 15 heavy (non-hydrogen) atoms. The van der Waals surface area contributed by atoms with Crippen molar-refractivity contribution in [3.05, 3.63) is 34.7 Å². The van der Waals surface area contributed by atoms with Crippen LogP contribution in [0.2, 0.25) is 0 Å². The van der Waals surface area contributed by atoms with E-state index in [0.717, 1.165) is 11.0 Å². The molecular weight excluding hydrogens is 214 g/mol. The first-order valence-corrected chi connectivity index (χ1v) is 6.03. The number of benzene rings is 1. The zero-order valence-corrected chi connectivity index (χ0v) is 8.79. The van der Waals surface area contributed by atoms with Crippen molar-refractivity contribution < 1.29 is 13.5 Å². The standard InChI is InChI=1S/C10H11NO3S/c11-4-7-2-1-3-9-10(7)8(5-12)6-15(9,13)14/h1-3,6,12H,4-5,11H2. The van der Waals surface area contributed by atoms with Crippen LogP contribution < -0.4 is 5.73 Å². The molecule has 0 radical (unpaired) electrons. The molecule has 0 saturated carbocycles. The van der Waals surface area contributed by atoms with E-state index in [4.69, 9.17) is 10.8 Å². The summed E-state index contributed by atoms with van der Waals surface area (Å²) in [5.74, 6) is 0. The fourth-order valence-corrected chi connectivity index (χ4v) is 3.28. The largest absolute Gasteiger partial charge is 0.392 e. The van der Waals surface area contributed by atoms with E-state index < -0.39 is 9.84 Å². The highest BCUT2D eigenvalue weighted by Gasteiger charge is 2.27. The smallest absolute Gasteiger partial charge is 0.200 e. The van der Waals surface area contributed by atoms with Crippen LogP contribution in [0.4, 0.5) is 0 Å². The van der Waals surface area contributed by atoms with Gasteiger partial charge < -0.3 is 10.8 Å². The highest BCUT2D eigenvalue weighted by atomic mass is 32.2. The number of nitrogens with two attached hydrogens (primary N) is 1. The lowest BCUT2D eigenvalue weighted by Gasteiger charge is -2.07. The van der Waals surface area contributed by atoms with Crippen LogP contribution in [0, 0.1) is 0 Å². The Morgan fingerprint density at radius 3 is 2.67 bits per heavy atom. The van der Waals surface area contributed by atoms with Crippen LogP contribution in [0.3, 0.4) is 0 Å². The Morgan fingerprint density at radius 1 is 1.33 bits per heavy atom. The lowest BCUT2D eigenvalue weighted by Crippen LogP contribution is -2.03. The number of aliphatic hydroxyl groups is 1. The summed E-state index contributed by atoms with van der Waals surface area (Å²) in [7, 11) is -3.38. The summed E-state index contributed by atoms with van der Waals surface area (Å²) in [4.78, 5) is 0.245. The Labute approximate surface area is 88.0 Å². The molecule has 1 aromatic carbocycles. The average Bonchev–Trinajstić information content (AvgIpc) is 2.50. The van der Waals surface area contributed by atoms with Gasteiger partial charge in [0.15, 0.2) is 0 Å². The Kier molecular flexibility index (Phi) is 2.38. The molecule has 4 nitrogen and oxygen atoms in total. The maximum atomic E-state index is 11.7. The first-order chi connectivity index (χ1) is 7.10. The first kappa shape index (κ1) is 10.4. The fourth-order valence-electron chi connectivity index (χ4n) is 1.77. The number of aliphatic hydroxyl groups excluding tert-OH is 1. The van der Waals surface area contributed by atoms with Crippen LogP contribution in [-0.4, -0.2) is 20.1 Å². The van der Waals surface area contributed by atoms with Crippen LogP contribution in [0.15, 0.2) is 28.5 Å². The molecule has 5 heteroatoms. The van der Waals surface area contributed by atoms with E-state index in [-0.39, 0.29) is 18.0 Å². The molecule has 2 rings (SSSR count). The summed E-state index contributed by atoms with van der Waals surface area (Å²) in [5.41, 5.74) is 7.26. The normalized spacial score (nSPS) is 17.3. The van der Waals surface area contributed by atoms with Gasteiger partial charge in [-0.15, -0.1) is 0 Å². The van der Waals surface area contributed by atoms with E-state index in [9.17, 15) is 8.42 Å². The van der Waals surface area contributed by atoms with Crippen molar-refractivity contribution in [3.63, 3.8) is 0 Å². The highest BCUT2D eigenvalue weighted by molar-refractivity contribution is 7.95. The summed E-state index contributed by atoms with van der Waals surface area (Å²) in [5, 5.41) is 10.2. The molecule has 0 bridgehead atoms. The predicted octanol–water partition coefficient (Wildman–Crippen LogP) is 0.266. The molecule has 0 amide bonds. The zero-order chi connectivity index (χ0) is 11.1. The van der Waals surface area contributed by atoms with E-state index in [1.165, 1.54) is 6.07 Å². The van der Waals surface area contributed by atoms with E-state index >= 15 is 0 Å². The zero-order valence-electron chi connectivity index (χ0n) is 7.97. The quantitative estimate of drug-likeness (QED) is 0.757. The van der Waals surface area contributed by atoms with Gasteiger partial charge in [0.05, 0.1) is 11.5 Å². The maximum absolute atomic E-state index is 11.7. The van der Waals surface area contributed by atoms with Gasteiger partial charge in [-0.3, -0.25) is 0 Å². The predicted molar refractivity (Wildman–Crippen MR) is 56.6 cm³/mol.